The molecule has 10 N–H and O–H groups in total. The first kappa shape index (κ1) is 88.0. The standard InChI is InChI=1S/C32H38N12O9S2.C28H32N12O8S2.4Na/c33-27-36-28(38-30(37-27)42-7-13-51-14-8-42)34-23-5-3-21(25(19-23)54(45,46)47)1-2-22-4-6-24(20-26(22)55(48,49)50)35-29-39-31(43-9-15-52-16-10-43)41-32(40-29)44-11-17-53-18-12-44;29-23-33-25(37-27(35-23)39-7-11-47-12-8-39)31-19-5-3-17(21(15-19)49(41,42)43)1-2-18-4-6-20(16-22(18)50(44,45)46)32-26-34-24(30)36-28(38-26)40-9-13-48-14-10-40;;;;/h1-6,19-20H,7-18H2,(H,45,46,47)(H,48,49,50)(H,35,39,40,41)(H3,33,34,36,37,38);1-6,15-16H,7-14H2,(H,41,42,43)(H,44,45,46)(H3,29,31,33,35,37)(H3,30,32,34,36,38);;;;/q;;4*+1/p-4/b2*2-1+;;;;. The Hall–Kier alpha value is -6.56. The molecule has 5 aliphatic rings. The van der Waals surface area contributed by atoms with Crippen molar-refractivity contribution in [1.82, 2.24) is 59.8 Å². The normalized spacial score (nSPS) is 15.8. The quantitative estimate of drug-likeness (QED) is 0.0199. The van der Waals surface area contributed by atoms with E-state index in [1.165, 1.54) is 72.8 Å². The average molecular weight is 1620 g/mol. The number of hydrogen-bond donors (Lipinski definition) is 7. The van der Waals surface area contributed by atoms with Crippen molar-refractivity contribution in [3.8, 4) is 0 Å². The Morgan fingerprint density at radius 3 is 0.670 bits per heavy atom. The zero-order valence-electron chi connectivity index (χ0n) is 59.3. The Balaban J connectivity index is 0.000000266. The van der Waals surface area contributed by atoms with Gasteiger partial charge in [-0.2, -0.15) is 59.8 Å². The second-order valence-corrected chi connectivity index (χ2v) is 28.6. The molecule has 8 aromatic rings. The summed E-state index contributed by atoms with van der Waals surface area (Å²) in [6.07, 6.45) is 4.84. The van der Waals surface area contributed by atoms with Crippen molar-refractivity contribution in [3.63, 3.8) is 0 Å². The predicted octanol–water partition coefficient (Wildman–Crippen LogP) is -11.0. The number of nitrogen functional groups attached to an aromatic ring is 3. The first-order chi connectivity index (χ1) is 50.2. The minimum Gasteiger partial charge on any atom is -0.744 e. The van der Waals surface area contributed by atoms with Crippen molar-refractivity contribution in [1.29, 1.82) is 0 Å². The molecule has 0 bridgehead atoms. The molecule has 9 heterocycles. The second kappa shape index (κ2) is 39.3. The molecule has 0 aliphatic carbocycles. The molecule has 0 saturated carbocycles. The summed E-state index contributed by atoms with van der Waals surface area (Å²) in [5.74, 6) is 1.58. The van der Waals surface area contributed by atoms with E-state index in [9.17, 15) is 51.9 Å². The van der Waals surface area contributed by atoms with Crippen LogP contribution in [0.2, 0.25) is 0 Å². The van der Waals surface area contributed by atoms with Gasteiger partial charge in [0.15, 0.2) is 0 Å². The van der Waals surface area contributed by atoms with Gasteiger partial charge in [0.2, 0.25) is 71.4 Å². The van der Waals surface area contributed by atoms with E-state index in [0.717, 1.165) is 24.3 Å². The van der Waals surface area contributed by atoms with E-state index in [2.05, 4.69) is 81.1 Å². The molecule has 109 heavy (non-hydrogen) atoms. The van der Waals surface area contributed by atoms with Gasteiger partial charge in [-0.25, -0.2) is 33.7 Å². The Bertz CT molecular complexity index is 4890. The zero-order chi connectivity index (χ0) is 74.0. The number of nitrogens with zero attached hydrogens (tertiary/aromatic N) is 17. The van der Waals surface area contributed by atoms with Crippen LogP contribution in [0.1, 0.15) is 22.3 Å². The molecule has 0 unspecified atom stereocenters. The van der Waals surface area contributed by atoms with Crippen LogP contribution >= 0.6 is 0 Å². The van der Waals surface area contributed by atoms with Gasteiger partial charge in [0, 0.05) is 88.2 Å². The maximum absolute atomic E-state index is 12.5. The molecule has 41 nitrogen and oxygen atoms in total. The van der Waals surface area contributed by atoms with Crippen molar-refractivity contribution in [2.45, 2.75) is 19.6 Å². The van der Waals surface area contributed by atoms with Crippen LogP contribution in [-0.4, -0.2) is 243 Å². The fraction of sp³-hybridized carbons (Fsp3) is 0.333. The summed E-state index contributed by atoms with van der Waals surface area (Å²) in [4.78, 5) is 58.3. The number of benzene rings is 4. The largest absolute Gasteiger partial charge is 1.00 e. The Kier molecular flexibility index (Phi) is 31.7. The van der Waals surface area contributed by atoms with Crippen LogP contribution in [0.3, 0.4) is 0 Å². The van der Waals surface area contributed by atoms with Gasteiger partial charge < -0.3 is 105 Å². The van der Waals surface area contributed by atoms with Crippen molar-refractivity contribution in [3.05, 3.63) is 95.1 Å². The van der Waals surface area contributed by atoms with Gasteiger partial charge >= 0.3 is 118 Å². The molecule has 556 valence electrons. The van der Waals surface area contributed by atoms with Gasteiger partial charge in [0.05, 0.1) is 85.7 Å². The summed E-state index contributed by atoms with van der Waals surface area (Å²) in [6, 6.07) is 15.5. The van der Waals surface area contributed by atoms with Crippen molar-refractivity contribution in [2.24, 2.45) is 0 Å². The molecular formula is C60H66N24Na4O17S4. The molecule has 4 aromatic carbocycles. The molecule has 4 aromatic heterocycles. The molecule has 0 amide bonds. The minimum atomic E-state index is -5.07. The maximum atomic E-state index is 12.5. The van der Waals surface area contributed by atoms with Crippen LogP contribution in [0.25, 0.3) is 24.3 Å². The number of nitrogens with two attached hydrogens (primary N) is 3. The summed E-state index contributed by atoms with van der Waals surface area (Å²) in [7, 11) is -20.2. The van der Waals surface area contributed by atoms with Crippen LogP contribution in [0.4, 0.5) is 94.1 Å². The molecule has 13 rings (SSSR count). The molecule has 49 heteroatoms. The third kappa shape index (κ3) is 24.2. The van der Waals surface area contributed by atoms with Gasteiger partial charge in [-0.1, -0.05) is 48.6 Å². The van der Waals surface area contributed by atoms with Gasteiger partial charge in [-0.3, -0.25) is 0 Å². The molecule has 0 radical (unpaired) electrons. The molecule has 5 saturated heterocycles. The number of ether oxygens (including phenoxy) is 5. The van der Waals surface area contributed by atoms with Crippen LogP contribution in [-0.2, 0) is 64.2 Å². The number of morpholine rings is 5. The second-order valence-electron chi connectivity index (χ2n) is 23.2. The first-order valence-corrected chi connectivity index (χ1v) is 37.6. The van der Waals surface area contributed by atoms with Crippen LogP contribution in [0.15, 0.2) is 92.4 Å². The van der Waals surface area contributed by atoms with Crippen LogP contribution in [0.5, 0.6) is 0 Å². The summed E-state index contributed by atoms with van der Waals surface area (Å²) >= 11 is 0. The predicted molar refractivity (Wildman–Crippen MR) is 376 cm³/mol. The van der Waals surface area contributed by atoms with Gasteiger partial charge in [-0.05, 0) is 70.8 Å². The fourth-order valence-corrected chi connectivity index (χ4v) is 13.8. The van der Waals surface area contributed by atoms with Crippen molar-refractivity contribution < 1.29 is 194 Å². The third-order valence-corrected chi connectivity index (χ3v) is 19.6. The number of aromatic nitrogens is 12. The third-order valence-electron chi connectivity index (χ3n) is 16.0. The number of nitrogens with one attached hydrogen (secondary N) is 4. The first-order valence-electron chi connectivity index (χ1n) is 32.0. The van der Waals surface area contributed by atoms with Gasteiger partial charge in [0.25, 0.3) is 0 Å². The fourth-order valence-electron chi connectivity index (χ4n) is 11.0. The summed E-state index contributed by atoms with van der Waals surface area (Å²) in [6.45, 7) is 10.3. The van der Waals surface area contributed by atoms with E-state index >= 15 is 0 Å². The number of hydrogen-bond acceptors (Lipinski definition) is 41. The summed E-state index contributed by atoms with van der Waals surface area (Å²) in [5, 5.41) is 11.5. The van der Waals surface area contributed by atoms with E-state index in [1.54, 1.807) is 0 Å². The van der Waals surface area contributed by atoms with E-state index in [-0.39, 0.29) is 205 Å². The molecule has 5 aliphatic heterocycles. The molecule has 0 atom stereocenters. The number of anilines is 16. The molecule has 0 spiro atoms. The monoisotopic (exact) mass is 1610 g/mol. The smallest absolute Gasteiger partial charge is 0.744 e. The Morgan fingerprint density at radius 2 is 0.477 bits per heavy atom. The molecule has 5 fully saturated rings. The summed E-state index contributed by atoms with van der Waals surface area (Å²) in [5.41, 5.74) is 17.9. The van der Waals surface area contributed by atoms with E-state index in [0.29, 0.717) is 161 Å². The SMILES string of the molecule is Nc1nc(Nc2ccc(/C=C/c3ccc(Nc4nc(N)nc(N5CCOCC5)n4)cc3S(=O)(=O)[O-])c(S(=O)(=O)[O-])c2)nc(N2CCOCC2)n1.Nc1nc(Nc2ccc(/C=C/c3ccc(Nc4nc(N5CCOCC5)nc(N5CCOCC5)n4)cc3S(=O)(=O)[O-])c(S(=O)(=O)[O-])c2)nc(N2CCOCC2)n1.[Na+].[Na+].[Na+].[Na+]. The van der Waals surface area contributed by atoms with Crippen molar-refractivity contribution in [2.75, 3.05) is 194 Å². The zero-order valence-corrected chi connectivity index (χ0v) is 70.6. The van der Waals surface area contributed by atoms with Crippen molar-refractivity contribution >= 4 is 159 Å². The average Bonchev–Trinajstić information content (AvgIpc) is 0.804. The minimum absolute atomic E-state index is 0. The summed E-state index contributed by atoms with van der Waals surface area (Å²) < 4.78 is 175. The van der Waals surface area contributed by atoms with E-state index < -0.39 is 60.1 Å². The maximum Gasteiger partial charge on any atom is 1.00 e. The van der Waals surface area contributed by atoms with Crippen LogP contribution in [0, 0.1) is 0 Å². The molecular weight excluding hydrogens is 1550 g/mol. The van der Waals surface area contributed by atoms with E-state index in [4.69, 9.17) is 40.9 Å². The van der Waals surface area contributed by atoms with Crippen LogP contribution < -0.4 is 181 Å². The number of rotatable bonds is 21. The van der Waals surface area contributed by atoms with Gasteiger partial charge in [-0.15, -0.1) is 0 Å². The van der Waals surface area contributed by atoms with E-state index in [1.807, 2.05) is 24.5 Å². The Labute approximate surface area is 714 Å². The van der Waals surface area contributed by atoms with Gasteiger partial charge in [0.1, 0.15) is 40.5 Å². The Morgan fingerprint density at radius 1 is 0.294 bits per heavy atom. The topological polar surface area (TPSA) is 572 Å².